The maximum absolute atomic E-state index is 14.8. The van der Waals surface area contributed by atoms with Gasteiger partial charge in [0.05, 0.1) is 25.2 Å². The van der Waals surface area contributed by atoms with E-state index in [0.717, 1.165) is 11.1 Å². The number of Topliss-reactive ketones (excluding diaryl/α,β-unsaturated/α-hetero) is 1. The number of likely N-dealkylation sites (N-methyl/N-ethyl adjacent to an activating group) is 1. The normalized spacial score (nSPS) is 32.7. The molecule has 14 atom stereocenters. The highest BCUT2D eigenvalue weighted by Crippen LogP contribution is 2.42. The average molecular weight is 987 g/mol. The summed E-state index contributed by atoms with van der Waals surface area (Å²) in [6, 6.07) is 14.5. The van der Waals surface area contributed by atoms with Gasteiger partial charge in [0.2, 0.25) is 0 Å². The number of cyclic esters (lactones) is 1. The number of nitrogens with zero attached hydrogens (tertiary/aromatic N) is 3. The molecule has 3 amide bonds. The molecule has 0 spiro atoms. The van der Waals surface area contributed by atoms with Gasteiger partial charge in [-0.2, -0.15) is 0 Å². The molecular weight excluding hydrogens is 917 g/mol. The number of anilines is 1. The number of nitrogens with one attached hydrogen (secondary N) is 3. The number of aromatic nitrogens is 2. The van der Waals surface area contributed by atoms with E-state index >= 15 is 0 Å². The maximum Gasteiger partial charge on any atom is 0.411 e. The standard InChI is InChI=1S/C52H70N6O13/c1-12-39-52(8)43(57-50(64)71-52)31(4)40(59)29(2)28-51(7,70-48(62)55-24-13-15-34-16-18-35(19-17-34)45-53-25-14-26-54-45)44(69-47-41(60)38(58(9)10)27-30(3)66-47)32(5)42(33(6)46(61)67-39)68-49(63)56-36-20-22-37(65-11)23-21-36/h13-23,25-26,29-33,38-39,41-44,47,60H,12,24,27-28H2,1-11H3,(H,55,62)(H,56,63)(H,57,64)/b15-13+/t29-,30-,31+,32+,33-,38+,39-,41-,42+,43-,44-,47+,51-,52-/m1/s1. The zero-order chi connectivity index (χ0) is 51.8. The number of amides is 3. The van der Waals surface area contributed by atoms with E-state index in [4.69, 9.17) is 33.2 Å². The van der Waals surface area contributed by atoms with Gasteiger partial charge < -0.3 is 53.8 Å². The van der Waals surface area contributed by atoms with Crippen LogP contribution >= 0.6 is 0 Å². The van der Waals surface area contributed by atoms with Crippen molar-refractivity contribution in [1.82, 2.24) is 25.5 Å². The Kier molecular flexibility index (Phi) is 17.8. The van der Waals surface area contributed by atoms with Crippen LogP contribution in [0.15, 0.2) is 73.1 Å². The molecule has 1 aromatic heterocycles. The molecule has 71 heavy (non-hydrogen) atoms. The number of aliphatic hydroxyl groups is 1. The van der Waals surface area contributed by atoms with E-state index in [1.165, 1.54) is 14.0 Å². The Balaban J connectivity index is 1.40. The number of methoxy groups -OCH3 is 1. The van der Waals surface area contributed by atoms with Crippen LogP contribution in [0.3, 0.4) is 0 Å². The Morgan fingerprint density at radius 1 is 0.958 bits per heavy atom. The molecular formula is C52H70N6O13. The van der Waals surface area contributed by atoms with E-state index in [9.17, 15) is 29.1 Å². The predicted octanol–water partition coefficient (Wildman–Crippen LogP) is 6.78. The fraction of sp³-hybridized carbons (Fsp3) is 0.558. The molecule has 3 aromatic rings. The van der Waals surface area contributed by atoms with E-state index in [-0.39, 0.29) is 25.2 Å². The van der Waals surface area contributed by atoms with E-state index < -0.39 is 108 Å². The number of ketones is 1. The molecule has 0 saturated carbocycles. The molecule has 2 aromatic carbocycles. The molecule has 3 fully saturated rings. The van der Waals surface area contributed by atoms with Gasteiger partial charge in [0.25, 0.3) is 0 Å². The first-order chi connectivity index (χ1) is 33.7. The summed E-state index contributed by atoms with van der Waals surface area (Å²) in [4.78, 5) is 81.1. The summed E-state index contributed by atoms with van der Waals surface area (Å²) in [5.74, 6) is -4.12. The minimum atomic E-state index is -1.80. The number of hydrogen-bond acceptors (Lipinski definition) is 16. The van der Waals surface area contributed by atoms with Gasteiger partial charge in [-0.1, -0.05) is 64.1 Å². The van der Waals surface area contributed by atoms with Gasteiger partial charge in [0.1, 0.15) is 41.5 Å². The van der Waals surface area contributed by atoms with Crippen LogP contribution in [0.4, 0.5) is 20.1 Å². The van der Waals surface area contributed by atoms with Crippen LogP contribution in [0.2, 0.25) is 0 Å². The van der Waals surface area contributed by atoms with Crippen LogP contribution in [0.5, 0.6) is 5.75 Å². The van der Waals surface area contributed by atoms with Crippen molar-refractivity contribution in [3.05, 3.63) is 78.6 Å². The van der Waals surface area contributed by atoms with E-state index in [1.807, 2.05) is 56.3 Å². The van der Waals surface area contributed by atoms with Crippen molar-refractivity contribution < 1.29 is 62.2 Å². The molecule has 386 valence electrons. The number of aliphatic hydroxyl groups excluding tert-OH is 1. The molecule has 0 radical (unpaired) electrons. The summed E-state index contributed by atoms with van der Waals surface area (Å²) in [6.07, 6.45) is -2.02. The third-order valence-electron chi connectivity index (χ3n) is 14.0. The number of carbonyl (C=O) groups is 5. The van der Waals surface area contributed by atoms with E-state index in [2.05, 4.69) is 25.9 Å². The third-order valence-corrected chi connectivity index (χ3v) is 14.0. The van der Waals surface area contributed by atoms with Crippen molar-refractivity contribution in [2.75, 3.05) is 33.1 Å². The first kappa shape index (κ1) is 54.2. The monoisotopic (exact) mass is 987 g/mol. The Morgan fingerprint density at radius 2 is 1.63 bits per heavy atom. The summed E-state index contributed by atoms with van der Waals surface area (Å²) < 4.78 is 43.2. The number of ether oxygens (including phenoxy) is 7. The lowest BCUT2D eigenvalue weighted by atomic mass is 9.73. The first-order valence-electron chi connectivity index (χ1n) is 24.2. The molecule has 0 unspecified atom stereocenters. The number of rotatable bonds is 12. The quantitative estimate of drug-likeness (QED) is 0.108. The summed E-state index contributed by atoms with van der Waals surface area (Å²) in [5.41, 5.74) is -1.27. The van der Waals surface area contributed by atoms with Crippen molar-refractivity contribution in [3.8, 4) is 17.1 Å². The lowest BCUT2D eigenvalue weighted by Gasteiger charge is -2.48. The fourth-order valence-corrected chi connectivity index (χ4v) is 10.2. The molecule has 0 aliphatic carbocycles. The number of fused-ring (bicyclic) bond motifs is 1. The highest BCUT2D eigenvalue weighted by Gasteiger charge is 2.58. The fourth-order valence-electron chi connectivity index (χ4n) is 10.2. The van der Waals surface area contributed by atoms with Crippen LogP contribution in [-0.4, -0.2) is 138 Å². The lowest BCUT2D eigenvalue weighted by Crippen LogP contribution is -2.61. The number of benzene rings is 2. The number of carbonyl (C=O) groups excluding carboxylic acids is 5. The average Bonchev–Trinajstić information content (AvgIpc) is 3.66. The summed E-state index contributed by atoms with van der Waals surface area (Å²) >= 11 is 0. The number of hydrogen-bond donors (Lipinski definition) is 4. The lowest BCUT2D eigenvalue weighted by molar-refractivity contribution is -0.298. The SMILES string of the molecule is CC[C@H]1OC(=O)[C@H](C)[C@@H](OC(=O)Nc2ccc(OC)cc2)[C@H](C)[C@@H](O[C@@H]2O[C@H](C)C[C@H](N(C)C)[C@H]2O)[C@](C)(OC(=O)NC/C=C/c2ccc(-c3ncccn3)cc2)C[C@@H](C)C(=O)[C@H](C)[C@H]2NC(=O)O[C@@]21C. The van der Waals surface area contributed by atoms with Crippen molar-refractivity contribution in [2.45, 2.75) is 135 Å². The topological polar surface area (TPSA) is 235 Å². The second kappa shape index (κ2) is 23.4. The van der Waals surface area contributed by atoms with Crippen LogP contribution in [0.25, 0.3) is 17.5 Å². The van der Waals surface area contributed by atoms with Gasteiger partial charge in [-0.3, -0.25) is 14.9 Å². The minimum Gasteiger partial charge on any atom is -0.497 e. The van der Waals surface area contributed by atoms with Gasteiger partial charge in [0.15, 0.2) is 17.7 Å². The van der Waals surface area contributed by atoms with Gasteiger partial charge in [0, 0.05) is 54.0 Å². The molecule has 19 nitrogen and oxygen atoms in total. The minimum absolute atomic E-state index is 0.0240. The van der Waals surface area contributed by atoms with Crippen molar-refractivity contribution in [1.29, 1.82) is 0 Å². The maximum atomic E-state index is 14.8. The van der Waals surface area contributed by atoms with Gasteiger partial charge in [-0.15, -0.1) is 0 Å². The highest BCUT2D eigenvalue weighted by molar-refractivity contribution is 5.86. The second-order valence-corrected chi connectivity index (χ2v) is 19.5. The van der Waals surface area contributed by atoms with E-state index in [0.29, 0.717) is 23.7 Å². The molecule has 0 bridgehead atoms. The van der Waals surface area contributed by atoms with Crippen LogP contribution in [0.1, 0.15) is 80.2 Å². The molecule has 4 heterocycles. The number of alkyl carbamates (subject to hydrolysis) is 2. The third kappa shape index (κ3) is 12.9. The van der Waals surface area contributed by atoms with Gasteiger partial charge >= 0.3 is 24.2 Å². The molecule has 3 aliphatic heterocycles. The van der Waals surface area contributed by atoms with Crippen LogP contribution < -0.4 is 20.7 Å². The summed E-state index contributed by atoms with van der Waals surface area (Å²) in [6.45, 7) is 13.4. The van der Waals surface area contributed by atoms with Crippen LogP contribution in [-0.2, 0) is 38.0 Å². The second-order valence-electron chi connectivity index (χ2n) is 19.5. The van der Waals surface area contributed by atoms with Gasteiger partial charge in [-0.05, 0) is 96.9 Å². The smallest absolute Gasteiger partial charge is 0.411 e. The molecule has 3 aliphatic rings. The van der Waals surface area contributed by atoms with Crippen molar-refractivity contribution in [3.63, 3.8) is 0 Å². The van der Waals surface area contributed by atoms with Crippen molar-refractivity contribution >= 4 is 41.8 Å². The Hall–Kier alpha value is -6.15. The van der Waals surface area contributed by atoms with Gasteiger partial charge in [-0.25, -0.2) is 24.4 Å². The highest BCUT2D eigenvalue weighted by atomic mass is 16.7. The van der Waals surface area contributed by atoms with Crippen LogP contribution in [0, 0.1) is 23.7 Å². The zero-order valence-electron chi connectivity index (χ0n) is 42.5. The van der Waals surface area contributed by atoms with Crippen molar-refractivity contribution in [2.24, 2.45) is 23.7 Å². The Bertz CT molecular complexity index is 2340. The Labute approximate surface area is 415 Å². The summed E-state index contributed by atoms with van der Waals surface area (Å²) in [7, 11) is 5.17. The molecule has 6 rings (SSSR count). The molecule has 19 heteroatoms. The zero-order valence-corrected chi connectivity index (χ0v) is 42.5. The molecule has 3 saturated heterocycles. The molecule has 4 N–H and O–H groups in total. The number of esters is 1. The first-order valence-corrected chi connectivity index (χ1v) is 24.2. The van der Waals surface area contributed by atoms with E-state index in [1.54, 1.807) is 90.3 Å². The summed E-state index contributed by atoms with van der Waals surface area (Å²) in [5, 5.41) is 20.2. The predicted molar refractivity (Wildman–Crippen MR) is 262 cm³/mol. The largest absolute Gasteiger partial charge is 0.497 e. The Morgan fingerprint density at radius 3 is 2.27 bits per heavy atom.